The third-order valence-corrected chi connectivity index (χ3v) is 3.74. The van der Waals surface area contributed by atoms with E-state index < -0.39 is 0 Å². The van der Waals surface area contributed by atoms with Crippen LogP contribution in [0.25, 0.3) is 0 Å². The van der Waals surface area contributed by atoms with Crippen LogP contribution in [0.1, 0.15) is 22.4 Å². The van der Waals surface area contributed by atoms with Crippen LogP contribution in [-0.2, 0) is 6.54 Å². The van der Waals surface area contributed by atoms with Gasteiger partial charge in [-0.15, -0.1) is 0 Å². The average Bonchev–Trinajstić information content (AvgIpc) is 2.61. The number of hydrogen-bond donors (Lipinski definition) is 2. The van der Waals surface area contributed by atoms with Gasteiger partial charge in [-0.1, -0.05) is 42.0 Å². The molecule has 0 saturated carbocycles. The van der Waals surface area contributed by atoms with E-state index in [0.29, 0.717) is 23.7 Å². The van der Waals surface area contributed by atoms with Crippen LogP contribution < -0.4 is 10.6 Å². The number of nitriles is 1. The van der Waals surface area contributed by atoms with Gasteiger partial charge in [-0.05, 0) is 31.5 Å². The molecule has 0 bridgehead atoms. The zero-order chi connectivity index (χ0) is 17.6. The molecule has 0 aliphatic heterocycles. The number of benzene rings is 2. The summed E-state index contributed by atoms with van der Waals surface area (Å²) in [5.74, 6) is 1.21. The lowest BCUT2D eigenvalue weighted by molar-refractivity contribution is 1.06. The highest BCUT2D eigenvalue weighted by atomic mass is 15.1. The van der Waals surface area contributed by atoms with Gasteiger partial charge in [0.25, 0.3) is 0 Å². The Morgan fingerprint density at radius 2 is 1.76 bits per heavy atom. The summed E-state index contributed by atoms with van der Waals surface area (Å²) in [6, 6.07) is 19.7. The third-order valence-electron chi connectivity index (χ3n) is 3.74. The van der Waals surface area contributed by atoms with Gasteiger partial charge in [0, 0.05) is 18.3 Å². The summed E-state index contributed by atoms with van der Waals surface area (Å²) < 4.78 is 0. The first-order valence-electron chi connectivity index (χ1n) is 8.05. The van der Waals surface area contributed by atoms with Crippen molar-refractivity contribution in [3.63, 3.8) is 0 Å². The minimum atomic E-state index is 0.467. The normalized spacial score (nSPS) is 10.1. The second kappa shape index (κ2) is 7.45. The van der Waals surface area contributed by atoms with Gasteiger partial charge in [-0.3, -0.25) is 0 Å². The van der Waals surface area contributed by atoms with E-state index in [4.69, 9.17) is 0 Å². The number of aromatic nitrogens is 2. The van der Waals surface area contributed by atoms with Crippen LogP contribution in [0.5, 0.6) is 0 Å². The minimum absolute atomic E-state index is 0.467. The molecular weight excluding hydrogens is 310 g/mol. The van der Waals surface area contributed by atoms with E-state index in [0.717, 1.165) is 11.5 Å². The maximum absolute atomic E-state index is 9.19. The number of para-hydroxylation sites is 1. The van der Waals surface area contributed by atoms with E-state index >= 15 is 0 Å². The first-order valence-corrected chi connectivity index (χ1v) is 8.05. The summed E-state index contributed by atoms with van der Waals surface area (Å²) >= 11 is 0. The Balaban J connectivity index is 1.76. The van der Waals surface area contributed by atoms with Crippen LogP contribution in [0.3, 0.4) is 0 Å². The van der Waals surface area contributed by atoms with Crippen LogP contribution in [0.4, 0.5) is 17.5 Å². The standard InChI is InChI=1S/C20H19N5/c1-14-7-9-16(10-8-14)13-22-19-11-15(2)23-20(25-19)24-18-6-4-3-5-17(18)12-21/h3-11H,13H2,1-2H3,(H2,22,23,24,25). The molecule has 0 unspecified atom stereocenters. The molecule has 0 aliphatic carbocycles. The van der Waals surface area contributed by atoms with E-state index in [-0.39, 0.29) is 0 Å². The summed E-state index contributed by atoms with van der Waals surface area (Å²) in [4.78, 5) is 8.89. The van der Waals surface area contributed by atoms with Crippen molar-refractivity contribution in [3.05, 3.63) is 77.0 Å². The van der Waals surface area contributed by atoms with Crippen molar-refractivity contribution in [2.75, 3.05) is 10.6 Å². The van der Waals surface area contributed by atoms with E-state index in [1.54, 1.807) is 6.07 Å². The van der Waals surface area contributed by atoms with Crippen molar-refractivity contribution in [3.8, 4) is 6.07 Å². The lowest BCUT2D eigenvalue weighted by Crippen LogP contribution is -2.06. The Labute approximate surface area is 147 Å². The Kier molecular flexibility index (Phi) is 4.91. The molecule has 5 heteroatoms. The van der Waals surface area contributed by atoms with Crippen molar-refractivity contribution in [2.24, 2.45) is 0 Å². The number of nitrogens with one attached hydrogen (secondary N) is 2. The molecule has 0 atom stereocenters. The molecular formula is C20H19N5. The Morgan fingerprint density at radius 3 is 2.52 bits per heavy atom. The molecule has 3 aromatic rings. The van der Waals surface area contributed by atoms with Crippen LogP contribution in [0.2, 0.25) is 0 Å². The van der Waals surface area contributed by atoms with E-state index in [1.165, 1.54) is 11.1 Å². The monoisotopic (exact) mass is 329 g/mol. The topological polar surface area (TPSA) is 73.6 Å². The molecule has 0 amide bonds. The molecule has 0 radical (unpaired) electrons. The van der Waals surface area contributed by atoms with E-state index in [2.05, 4.69) is 57.9 Å². The van der Waals surface area contributed by atoms with Gasteiger partial charge in [0.1, 0.15) is 11.9 Å². The smallest absolute Gasteiger partial charge is 0.229 e. The fourth-order valence-electron chi connectivity index (χ4n) is 2.42. The lowest BCUT2D eigenvalue weighted by atomic mass is 10.1. The van der Waals surface area contributed by atoms with Gasteiger partial charge in [0.15, 0.2) is 0 Å². The number of rotatable bonds is 5. The summed E-state index contributed by atoms with van der Waals surface area (Å²) in [7, 11) is 0. The average molecular weight is 329 g/mol. The molecule has 0 saturated heterocycles. The maximum atomic E-state index is 9.19. The summed E-state index contributed by atoms with van der Waals surface area (Å²) in [5.41, 5.74) is 4.52. The molecule has 2 N–H and O–H groups in total. The second-order valence-corrected chi connectivity index (χ2v) is 5.84. The Morgan fingerprint density at radius 1 is 1.00 bits per heavy atom. The van der Waals surface area contributed by atoms with Crippen LogP contribution in [-0.4, -0.2) is 9.97 Å². The molecule has 5 nitrogen and oxygen atoms in total. The lowest BCUT2D eigenvalue weighted by Gasteiger charge is -2.11. The summed E-state index contributed by atoms with van der Waals surface area (Å²) in [6.07, 6.45) is 0. The van der Waals surface area contributed by atoms with E-state index in [9.17, 15) is 5.26 Å². The number of hydrogen-bond acceptors (Lipinski definition) is 5. The summed E-state index contributed by atoms with van der Waals surface area (Å²) in [5, 5.41) is 15.6. The van der Waals surface area contributed by atoms with Gasteiger partial charge >= 0.3 is 0 Å². The second-order valence-electron chi connectivity index (χ2n) is 5.84. The number of anilines is 3. The molecule has 2 aromatic carbocycles. The predicted molar refractivity (Wildman–Crippen MR) is 99.7 cm³/mol. The van der Waals surface area contributed by atoms with Crippen molar-refractivity contribution >= 4 is 17.5 Å². The summed E-state index contributed by atoms with van der Waals surface area (Å²) in [6.45, 7) is 4.67. The molecule has 25 heavy (non-hydrogen) atoms. The van der Waals surface area contributed by atoms with Crippen LogP contribution >= 0.6 is 0 Å². The predicted octanol–water partition coefficient (Wildman–Crippen LogP) is 4.32. The quantitative estimate of drug-likeness (QED) is 0.729. The minimum Gasteiger partial charge on any atom is -0.366 e. The van der Waals surface area contributed by atoms with Crippen molar-refractivity contribution in [2.45, 2.75) is 20.4 Å². The van der Waals surface area contributed by atoms with Gasteiger partial charge in [-0.2, -0.15) is 10.2 Å². The highest BCUT2D eigenvalue weighted by molar-refractivity contribution is 5.63. The molecule has 124 valence electrons. The molecule has 1 heterocycles. The largest absolute Gasteiger partial charge is 0.366 e. The molecule has 1 aromatic heterocycles. The van der Waals surface area contributed by atoms with Gasteiger partial charge in [-0.25, -0.2) is 4.98 Å². The molecule has 0 spiro atoms. The third kappa shape index (κ3) is 4.33. The Hall–Kier alpha value is -3.39. The zero-order valence-corrected chi connectivity index (χ0v) is 14.2. The van der Waals surface area contributed by atoms with Crippen molar-refractivity contribution in [1.29, 1.82) is 5.26 Å². The highest BCUT2D eigenvalue weighted by Crippen LogP contribution is 2.19. The van der Waals surface area contributed by atoms with Crippen molar-refractivity contribution in [1.82, 2.24) is 9.97 Å². The molecule has 0 fully saturated rings. The van der Waals surface area contributed by atoms with E-state index in [1.807, 2.05) is 31.2 Å². The molecule has 0 aliphatic rings. The Bertz CT molecular complexity index is 910. The maximum Gasteiger partial charge on any atom is 0.229 e. The first kappa shape index (κ1) is 16.5. The highest BCUT2D eigenvalue weighted by Gasteiger charge is 2.06. The van der Waals surface area contributed by atoms with Gasteiger partial charge in [0.2, 0.25) is 5.95 Å². The molecule has 3 rings (SSSR count). The fraction of sp³-hybridized carbons (Fsp3) is 0.150. The van der Waals surface area contributed by atoms with Crippen LogP contribution in [0.15, 0.2) is 54.6 Å². The SMILES string of the molecule is Cc1ccc(CNc2cc(C)nc(Nc3ccccc3C#N)n2)cc1. The van der Waals surface area contributed by atoms with Gasteiger partial charge < -0.3 is 10.6 Å². The number of aryl methyl sites for hydroxylation is 2. The first-order chi connectivity index (χ1) is 12.1. The fourth-order valence-corrected chi connectivity index (χ4v) is 2.42. The van der Waals surface area contributed by atoms with Crippen molar-refractivity contribution < 1.29 is 0 Å². The number of nitrogens with zero attached hydrogens (tertiary/aromatic N) is 3. The van der Waals surface area contributed by atoms with Gasteiger partial charge in [0.05, 0.1) is 11.3 Å². The van der Waals surface area contributed by atoms with Crippen LogP contribution in [0, 0.1) is 25.2 Å². The zero-order valence-electron chi connectivity index (χ0n) is 14.2.